The van der Waals surface area contributed by atoms with Gasteiger partial charge < -0.3 is 14.2 Å². The Kier molecular flexibility index (Phi) is 4.26. The third kappa shape index (κ3) is 3.21. The van der Waals surface area contributed by atoms with Crippen molar-refractivity contribution in [2.75, 3.05) is 7.11 Å². The molecule has 21 heavy (non-hydrogen) atoms. The third-order valence-corrected chi connectivity index (χ3v) is 3.25. The number of carbonyl (C=O) groups is 2. The van der Waals surface area contributed by atoms with Gasteiger partial charge in [-0.15, -0.1) is 0 Å². The lowest BCUT2D eigenvalue weighted by Crippen LogP contribution is -2.20. The second-order valence-corrected chi connectivity index (χ2v) is 4.82. The Hall–Kier alpha value is -2.37. The molecule has 0 saturated heterocycles. The van der Waals surface area contributed by atoms with E-state index in [9.17, 15) is 9.59 Å². The van der Waals surface area contributed by atoms with Gasteiger partial charge in [-0.25, -0.2) is 9.79 Å². The smallest absolute Gasteiger partial charge is 0.363 e. The van der Waals surface area contributed by atoms with Gasteiger partial charge in [0.2, 0.25) is 0 Å². The van der Waals surface area contributed by atoms with Gasteiger partial charge in [0.1, 0.15) is 5.70 Å². The van der Waals surface area contributed by atoms with Gasteiger partial charge in [-0.2, -0.15) is 0 Å². The molecule has 0 aromatic rings. The van der Waals surface area contributed by atoms with Crippen molar-refractivity contribution in [3.63, 3.8) is 0 Å². The van der Waals surface area contributed by atoms with Gasteiger partial charge in [0, 0.05) is 25.7 Å². The van der Waals surface area contributed by atoms with Gasteiger partial charge in [-0.05, 0) is 12.2 Å². The summed E-state index contributed by atoms with van der Waals surface area (Å²) in [5, 5.41) is 0. The van der Waals surface area contributed by atoms with Crippen LogP contribution in [0.25, 0.3) is 0 Å². The third-order valence-electron chi connectivity index (χ3n) is 3.25. The Balaban J connectivity index is 2.28. The summed E-state index contributed by atoms with van der Waals surface area (Å²) in [7, 11) is 1.51. The zero-order valence-corrected chi connectivity index (χ0v) is 12.4. The summed E-state index contributed by atoms with van der Waals surface area (Å²) in [6, 6.07) is 0. The number of allylic oxidation sites excluding steroid dienone is 4. The molecule has 0 aromatic carbocycles. The maximum atomic E-state index is 11.6. The molecule has 0 aromatic heterocycles. The minimum Gasteiger partial charge on any atom is -0.493 e. The normalized spacial score (nSPS) is 26.8. The Labute approximate surface area is 122 Å². The lowest BCUT2D eigenvalue weighted by molar-refractivity contribution is -0.138. The minimum absolute atomic E-state index is 0.143. The topological polar surface area (TPSA) is 74.2 Å². The van der Waals surface area contributed by atoms with Crippen LogP contribution in [0.4, 0.5) is 0 Å². The van der Waals surface area contributed by atoms with Crippen LogP contribution in [0.5, 0.6) is 0 Å². The lowest BCUT2D eigenvalue weighted by Gasteiger charge is -2.25. The van der Waals surface area contributed by atoms with E-state index in [-0.39, 0.29) is 17.5 Å². The van der Waals surface area contributed by atoms with Crippen molar-refractivity contribution < 1.29 is 23.8 Å². The van der Waals surface area contributed by atoms with Gasteiger partial charge in [0.25, 0.3) is 0 Å². The zero-order valence-electron chi connectivity index (χ0n) is 12.4. The maximum Gasteiger partial charge on any atom is 0.363 e. The second kappa shape index (κ2) is 5.95. The Bertz CT molecular complexity index is 597. The average Bonchev–Trinajstić information content (AvgIpc) is 2.72. The monoisotopic (exact) mass is 291 g/mol. The van der Waals surface area contributed by atoms with E-state index in [1.54, 1.807) is 19.1 Å². The summed E-state index contributed by atoms with van der Waals surface area (Å²) in [6.45, 7) is 4.84. The number of ether oxygens (including phenoxy) is 3. The Morgan fingerprint density at radius 1 is 1.48 bits per heavy atom. The number of cyclic esters (lactones) is 1. The van der Waals surface area contributed by atoms with Gasteiger partial charge in [0.05, 0.1) is 7.11 Å². The first kappa shape index (κ1) is 15.0. The molecule has 112 valence electrons. The predicted octanol–water partition coefficient (Wildman–Crippen LogP) is 2.09. The van der Waals surface area contributed by atoms with E-state index >= 15 is 0 Å². The molecule has 0 N–H and O–H groups in total. The molecule has 0 fully saturated rings. The largest absolute Gasteiger partial charge is 0.493 e. The molecule has 0 amide bonds. The molecule has 0 bridgehead atoms. The minimum atomic E-state index is -0.469. The van der Waals surface area contributed by atoms with E-state index in [0.717, 1.165) is 0 Å². The highest BCUT2D eigenvalue weighted by Gasteiger charge is 2.29. The average molecular weight is 291 g/mol. The van der Waals surface area contributed by atoms with Crippen molar-refractivity contribution in [1.82, 2.24) is 0 Å². The standard InChI is InChI=1S/C15H17NO5/c1-8-11(7-12-15(18)20-9(2)16-12)5-6-13(19-4)14(8)21-10(3)17/h5-8,11H,1-4H3/b12-7-. The van der Waals surface area contributed by atoms with Crippen LogP contribution in [0.1, 0.15) is 20.8 Å². The number of esters is 2. The number of hydrogen-bond donors (Lipinski definition) is 0. The van der Waals surface area contributed by atoms with E-state index in [0.29, 0.717) is 17.4 Å². The van der Waals surface area contributed by atoms with Crippen LogP contribution in [0, 0.1) is 11.8 Å². The molecular formula is C15H17NO5. The molecule has 0 spiro atoms. The summed E-state index contributed by atoms with van der Waals surface area (Å²) in [5.74, 6) is 0.0843. The van der Waals surface area contributed by atoms with E-state index in [1.807, 2.05) is 13.0 Å². The summed E-state index contributed by atoms with van der Waals surface area (Å²) >= 11 is 0. The molecule has 1 aliphatic heterocycles. The fourth-order valence-electron chi connectivity index (χ4n) is 2.23. The molecule has 2 unspecified atom stereocenters. The van der Waals surface area contributed by atoms with Crippen molar-refractivity contribution >= 4 is 17.8 Å². The molecule has 2 rings (SSSR count). The number of carbonyl (C=O) groups excluding carboxylic acids is 2. The molecule has 2 atom stereocenters. The second-order valence-electron chi connectivity index (χ2n) is 4.82. The summed E-state index contributed by atoms with van der Waals surface area (Å²) in [4.78, 5) is 26.9. The predicted molar refractivity (Wildman–Crippen MR) is 74.9 cm³/mol. The first-order chi connectivity index (χ1) is 9.92. The van der Waals surface area contributed by atoms with Crippen molar-refractivity contribution in [2.45, 2.75) is 20.8 Å². The zero-order chi connectivity index (χ0) is 15.6. The molecule has 2 aliphatic rings. The highest BCUT2D eigenvalue weighted by Crippen LogP contribution is 2.33. The fourth-order valence-corrected chi connectivity index (χ4v) is 2.23. The van der Waals surface area contributed by atoms with E-state index in [2.05, 4.69) is 4.99 Å². The molecule has 0 saturated carbocycles. The van der Waals surface area contributed by atoms with Crippen LogP contribution in [0.2, 0.25) is 0 Å². The van der Waals surface area contributed by atoms with Crippen LogP contribution in [-0.4, -0.2) is 24.9 Å². The van der Waals surface area contributed by atoms with Crippen LogP contribution in [0.15, 0.2) is 40.4 Å². The number of aliphatic imine (C=N–C) groups is 1. The quantitative estimate of drug-likeness (QED) is 0.588. The fraction of sp³-hybridized carbons (Fsp3) is 0.400. The molecule has 1 heterocycles. The van der Waals surface area contributed by atoms with Crippen molar-refractivity contribution in [2.24, 2.45) is 16.8 Å². The molecule has 1 aliphatic carbocycles. The van der Waals surface area contributed by atoms with Gasteiger partial charge in [-0.3, -0.25) is 4.79 Å². The number of methoxy groups -OCH3 is 1. The molecular weight excluding hydrogens is 274 g/mol. The first-order valence-corrected chi connectivity index (χ1v) is 6.56. The Morgan fingerprint density at radius 2 is 2.19 bits per heavy atom. The van der Waals surface area contributed by atoms with E-state index < -0.39 is 11.9 Å². The number of hydrogen-bond acceptors (Lipinski definition) is 6. The van der Waals surface area contributed by atoms with E-state index in [4.69, 9.17) is 14.2 Å². The van der Waals surface area contributed by atoms with Crippen LogP contribution >= 0.6 is 0 Å². The number of rotatable bonds is 3. The van der Waals surface area contributed by atoms with Crippen molar-refractivity contribution in [3.8, 4) is 0 Å². The van der Waals surface area contributed by atoms with Crippen LogP contribution < -0.4 is 0 Å². The van der Waals surface area contributed by atoms with Crippen molar-refractivity contribution in [3.05, 3.63) is 35.4 Å². The highest BCUT2D eigenvalue weighted by atomic mass is 16.6. The summed E-state index contributed by atoms with van der Waals surface area (Å²) in [6.07, 6.45) is 5.30. The Morgan fingerprint density at radius 3 is 2.71 bits per heavy atom. The molecule has 0 radical (unpaired) electrons. The van der Waals surface area contributed by atoms with Gasteiger partial charge >= 0.3 is 11.9 Å². The lowest BCUT2D eigenvalue weighted by atomic mass is 9.87. The van der Waals surface area contributed by atoms with Crippen LogP contribution in [-0.2, 0) is 23.8 Å². The molecule has 6 nitrogen and oxygen atoms in total. The van der Waals surface area contributed by atoms with Crippen molar-refractivity contribution in [1.29, 1.82) is 0 Å². The SMILES string of the molecule is COC1=C(OC(C)=O)C(C)C(/C=C2\N=C(C)OC2=O)C=C1. The van der Waals surface area contributed by atoms with Crippen LogP contribution in [0.3, 0.4) is 0 Å². The first-order valence-electron chi connectivity index (χ1n) is 6.56. The highest BCUT2D eigenvalue weighted by molar-refractivity contribution is 6.03. The maximum absolute atomic E-state index is 11.6. The summed E-state index contributed by atoms with van der Waals surface area (Å²) < 4.78 is 15.3. The summed E-state index contributed by atoms with van der Waals surface area (Å²) in [5.41, 5.74) is 0.261. The molecule has 6 heteroatoms. The van der Waals surface area contributed by atoms with Gasteiger partial charge in [0.15, 0.2) is 17.4 Å². The van der Waals surface area contributed by atoms with E-state index in [1.165, 1.54) is 14.0 Å². The van der Waals surface area contributed by atoms with Gasteiger partial charge in [-0.1, -0.05) is 13.0 Å². The number of nitrogens with zero attached hydrogens (tertiary/aromatic N) is 1.